The van der Waals surface area contributed by atoms with Crippen molar-refractivity contribution in [1.82, 2.24) is 29.7 Å². The number of amides is 2. The van der Waals surface area contributed by atoms with Crippen molar-refractivity contribution < 1.29 is 9.59 Å². The number of nitrogens with one attached hydrogen (secondary N) is 2. The molecule has 2 N–H and O–H groups in total. The number of fused-ring (bicyclic) bond motifs is 2. The van der Waals surface area contributed by atoms with E-state index in [9.17, 15) is 9.59 Å². The van der Waals surface area contributed by atoms with Crippen molar-refractivity contribution >= 4 is 11.8 Å². The number of H-pyrrole nitrogens is 2. The van der Waals surface area contributed by atoms with Crippen molar-refractivity contribution in [2.24, 2.45) is 22.7 Å². The minimum Gasteiger partial charge on any atom is -0.340 e. The van der Waals surface area contributed by atoms with E-state index in [1.165, 1.54) is 44.5 Å². The number of aromatic amines is 2. The molecule has 4 aliphatic rings. The average molecular weight is 861 g/mol. The van der Waals surface area contributed by atoms with Gasteiger partial charge in [0.05, 0.1) is 35.9 Å². The van der Waals surface area contributed by atoms with Gasteiger partial charge < -0.3 is 19.8 Å². The van der Waals surface area contributed by atoms with Crippen LogP contribution in [-0.4, -0.2) is 54.6 Å². The van der Waals surface area contributed by atoms with Crippen LogP contribution >= 0.6 is 0 Å². The van der Waals surface area contributed by atoms with Crippen LogP contribution in [0.1, 0.15) is 168 Å². The molecule has 0 unspecified atom stereocenters. The van der Waals surface area contributed by atoms with Crippen LogP contribution in [0.2, 0.25) is 0 Å². The van der Waals surface area contributed by atoms with Gasteiger partial charge in [0, 0.05) is 25.9 Å². The topological polar surface area (TPSA) is 98.0 Å². The lowest BCUT2D eigenvalue weighted by molar-refractivity contribution is -0.134. The first-order valence-electron chi connectivity index (χ1n) is 24.2. The lowest BCUT2D eigenvalue weighted by Gasteiger charge is -2.30. The van der Waals surface area contributed by atoms with Crippen LogP contribution in [0.3, 0.4) is 0 Å². The fraction of sp³-hybridized carbons (Fsp3) is 0.536. The molecule has 8 nitrogen and oxygen atoms in total. The predicted octanol–water partition coefficient (Wildman–Crippen LogP) is 12.9. The fourth-order valence-electron chi connectivity index (χ4n) is 12.0. The summed E-state index contributed by atoms with van der Waals surface area (Å²) in [5, 5.41) is 0. The summed E-state index contributed by atoms with van der Waals surface area (Å²) in [7, 11) is 0. The van der Waals surface area contributed by atoms with Gasteiger partial charge in [0.25, 0.3) is 0 Å². The zero-order chi connectivity index (χ0) is 45.7. The summed E-state index contributed by atoms with van der Waals surface area (Å²) in [5.74, 6) is 2.85. The van der Waals surface area contributed by atoms with E-state index in [4.69, 9.17) is 9.97 Å². The molecule has 0 radical (unpaired) electrons. The summed E-state index contributed by atoms with van der Waals surface area (Å²) in [5.41, 5.74) is 15.9. The lowest BCUT2D eigenvalue weighted by atomic mass is 9.73. The quantitative estimate of drug-likeness (QED) is 0.146. The predicted molar refractivity (Wildman–Crippen MR) is 260 cm³/mol. The van der Waals surface area contributed by atoms with Gasteiger partial charge in [-0.25, -0.2) is 9.97 Å². The smallest absolute Gasteiger partial charge is 0.223 e. The molecule has 4 heterocycles. The number of nitrogens with zero attached hydrogens (tertiary/aromatic N) is 4. The highest BCUT2D eigenvalue weighted by Crippen LogP contribution is 2.57. The summed E-state index contributed by atoms with van der Waals surface area (Å²) in [6, 6.07) is 18.3. The number of imidazole rings is 2. The number of benzene rings is 3. The molecule has 0 bridgehead atoms. The first-order chi connectivity index (χ1) is 30.1. The summed E-state index contributed by atoms with van der Waals surface area (Å²) in [4.78, 5) is 48.0. The third-order valence-electron chi connectivity index (χ3n) is 15.1. The highest BCUT2D eigenvalue weighted by Gasteiger charge is 2.45. The normalized spacial score (nSPS) is 21.6. The molecule has 338 valence electrons. The fourth-order valence-corrected chi connectivity index (χ4v) is 12.0. The zero-order valence-electron chi connectivity index (χ0n) is 40.8. The molecule has 0 spiro atoms. The largest absolute Gasteiger partial charge is 0.340 e. The molecule has 2 aromatic heterocycles. The average Bonchev–Trinajstić information content (AvgIpc) is 4.08. The molecule has 9 rings (SSSR count). The molecule has 5 aromatic rings. The molecule has 0 saturated carbocycles. The second-order valence-corrected chi connectivity index (χ2v) is 23.8. The molecule has 2 aliphatic heterocycles. The van der Waals surface area contributed by atoms with Crippen molar-refractivity contribution in [2.75, 3.05) is 13.1 Å². The van der Waals surface area contributed by atoms with Crippen LogP contribution in [0.5, 0.6) is 0 Å². The van der Waals surface area contributed by atoms with Crippen LogP contribution < -0.4 is 0 Å². The molecular formula is C56H72N6O2. The van der Waals surface area contributed by atoms with Gasteiger partial charge in [-0.3, -0.25) is 9.59 Å². The Morgan fingerprint density at radius 1 is 0.578 bits per heavy atom. The Morgan fingerprint density at radius 2 is 0.922 bits per heavy atom. The van der Waals surface area contributed by atoms with Crippen LogP contribution in [0, 0.1) is 22.7 Å². The minimum absolute atomic E-state index is 0.0358. The van der Waals surface area contributed by atoms with E-state index >= 15 is 0 Å². The second-order valence-electron chi connectivity index (χ2n) is 23.8. The number of hydrogen-bond acceptors (Lipinski definition) is 4. The third-order valence-corrected chi connectivity index (χ3v) is 15.1. The van der Waals surface area contributed by atoms with Crippen molar-refractivity contribution in [3.63, 3.8) is 0 Å². The molecule has 3 aromatic carbocycles. The molecule has 8 heteroatoms. The Labute approximate surface area is 382 Å². The molecule has 64 heavy (non-hydrogen) atoms. The van der Waals surface area contributed by atoms with Crippen molar-refractivity contribution in [3.05, 3.63) is 94.8 Å². The molecule has 2 amide bonds. The van der Waals surface area contributed by atoms with Gasteiger partial charge in [0.15, 0.2) is 0 Å². The van der Waals surface area contributed by atoms with Gasteiger partial charge in [0.2, 0.25) is 11.8 Å². The van der Waals surface area contributed by atoms with E-state index < -0.39 is 0 Å². The van der Waals surface area contributed by atoms with Gasteiger partial charge in [-0.15, -0.1) is 0 Å². The van der Waals surface area contributed by atoms with Crippen molar-refractivity contribution in [2.45, 2.75) is 157 Å². The van der Waals surface area contributed by atoms with E-state index in [-0.39, 0.29) is 45.6 Å². The number of carbonyl (C=O) groups is 2. The molecule has 2 saturated heterocycles. The number of rotatable bonds is 10. The highest BCUT2D eigenvalue weighted by atomic mass is 16.2. The van der Waals surface area contributed by atoms with Crippen LogP contribution in [-0.2, 0) is 33.3 Å². The highest BCUT2D eigenvalue weighted by molar-refractivity contribution is 5.88. The summed E-state index contributed by atoms with van der Waals surface area (Å²) in [6.45, 7) is 28.8. The Hall–Kier alpha value is -4.98. The molecular weight excluding hydrogens is 789 g/mol. The Bertz CT molecular complexity index is 2400. The summed E-state index contributed by atoms with van der Waals surface area (Å²) < 4.78 is 0. The monoisotopic (exact) mass is 861 g/mol. The SMILES string of the molecule is CC(C)CC(=O)N1CC(C)(C)C[C@H]1c1ncc(-c2ccc(-c3c4c(c(-c5ccc(-c6cnc([C@@H]7CC(C)(C)CN7C(=O)CC(C)C)[nH]6)cc5)c5c3C(C)(C)CC5)C(C)(C)CC4)cc2)[nH]1. The number of hydrogen-bond donors (Lipinski definition) is 2. The number of carbonyl (C=O) groups excluding carboxylic acids is 2. The number of aromatic nitrogens is 4. The van der Waals surface area contributed by atoms with Gasteiger partial charge in [-0.1, -0.05) is 132 Å². The Morgan fingerprint density at radius 3 is 1.27 bits per heavy atom. The van der Waals surface area contributed by atoms with Gasteiger partial charge in [0.1, 0.15) is 11.6 Å². The van der Waals surface area contributed by atoms with E-state index in [0.717, 1.165) is 85.8 Å². The van der Waals surface area contributed by atoms with Crippen LogP contribution in [0.15, 0.2) is 60.9 Å². The van der Waals surface area contributed by atoms with E-state index in [2.05, 4.69) is 151 Å². The van der Waals surface area contributed by atoms with E-state index in [1.807, 2.05) is 12.4 Å². The minimum atomic E-state index is -0.0358. The first-order valence-corrected chi connectivity index (χ1v) is 24.2. The van der Waals surface area contributed by atoms with Crippen molar-refractivity contribution in [1.29, 1.82) is 0 Å². The number of likely N-dealkylation sites (tertiary alicyclic amines) is 2. The summed E-state index contributed by atoms with van der Waals surface area (Å²) >= 11 is 0. The molecule has 2 aliphatic carbocycles. The maximum Gasteiger partial charge on any atom is 0.223 e. The van der Waals surface area contributed by atoms with Crippen LogP contribution in [0.4, 0.5) is 0 Å². The maximum absolute atomic E-state index is 13.4. The van der Waals surface area contributed by atoms with E-state index in [1.54, 1.807) is 0 Å². The van der Waals surface area contributed by atoms with Gasteiger partial charge >= 0.3 is 0 Å². The third kappa shape index (κ3) is 8.06. The maximum atomic E-state index is 13.4. The summed E-state index contributed by atoms with van der Waals surface area (Å²) in [6.07, 6.45) is 11.2. The standard InChI is InChI=1S/C56H72N6O2/c1-33(2)25-45(63)61-31-53(5,6)27-43(61)51-57-29-41(59-51)35-13-17-37(18-14-35)47-39-21-23-56(11,12)50(39)48(40-22-24-55(9,10)49(40)47)38-19-15-36(16-20-38)42-30-58-52(60-42)44-28-54(7,8)32-62(44)46(64)26-34(3)4/h13-20,29-30,33-34,43-44H,21-28,31-32H2,1-12H3,(H,57,59)(H,58,60)/t43-,44-/m0/s1. The zero-order valence-corrected chi connectivity index (χ0v) is 40.8. The second kappa shape index (κ2) is 15.9. The Kier molecular flexibility index (Phi) is 11.0. The van der Waals surface area contributed by atoms with Crippen LogP contribution in [0.25, 0.3) is 44.8 Å². The van der Waals surface area contributed by atoms with E-state index in [0.29, 0.717) is 24.7 Å². The molecule has 2 atom stereocenters. The molecule has 2 fully saturated rings. The van der Waals surface area contributed by atoms with Gasteiger partial charge in [-0.05, 0) is 128 Å². The first kappa shape index (κ1) is 44.2. The van der Waals surface area contributed by atoms with Gasteiger partial charge in [-0.2, -0.15) is 0 Å². The Balaban J connectivity index is 1.03. The lowest BCUT2D eigenvalue weighted by Crippen LogP contribution is -2.33. The van der Waals surface area contributed by atoms with Crippen molar-refractivity contribution in [3.8, 4) is 44.8 Å².